The van der Waals surface area contributed by atoms with Gasteiger partial charge in [-0.15, -0.1) is 5.10 Å². The van der Waals surface area contributed by atoms with Gasteiger partial charge in [-0.05, 0) is 40.4 Å². The first kappa shape index (κ1) is 9.97. The summed E-state index contributed by atoms with van der Waals surface area (Å²) >= 11 is 1.60. The third-order valence-corrected chi connectivity index (χ3v) is 2.65. The third-order valence-electron chi connectivity index (χ3n) is 1.85. The second-order valence-electron chi connectivity index (χ2n) is 2.90. The molecule has 0 aliphatic rings. The molecule has 0 amide bonds. The van der Waals surface area contributed by atoms with E-state index in [9.17, 15) is 0 Å². The van der Waals surface area contributed by atoms with E-state index in [1.165, 1.54) is 0 Å². The molecule has 0 saturated heterocycles. The second-order valence-corrected chi connectivity index (χ2v) is 4.13. The normalized spacial score (nSPS) is 10.5. The largest absolute Gasteiger partial charge is 0.399 e. The van der Waals surface area contributed by atoms with Gasteiger partial charge < -0.3 is 5.73 Å². The molecule has 0 fully saturated rings. The topological polar surface area (TPSA) is 69.6 Å². The Morgan fingerprint density at radius 1 is 1.33 bits per heavy atom. The number of aromatic nitrogens is 4. The van der Waals surface area contributed by atoms with Gasteiger partial charge in [0.25, 0.3) is 0 Å². The Labute approximate surface area is 91.7 Å². The first-order chi connectivity index (χ1) is 7.31. The van der Waals surface area contributed by atoms with Crippen LogP contribution in [0.3, 0.4) is 0 Å². The molecule has 1 aromatic heterocycles. The summed E-state index contributed by atoms with van der Waals surface area (Å²) in [6.07, 6.45) is 0. The summed E-state index contributed by atoms with van der Waals surface area (Å²) in [4.78, 5) is 0. The molecule has 2 rings (SSSR count). The average Bonchev–Trinajstić information content (AvgIpc) is 2.68. The molecule has 0 atom stereocenters. The van der Waals surface area contributed by atoms with Crippen LogP contribution in [0.1, 0.15) is 6.92 Å². The zero-order chi connectivity index (χ0) is 10.7. The van der Waals surface area contributed by atoms with Crippen molar-refractivity contribution in [2.45, 2.75) is 12.1 Å². The first-order valence-electron chi connectivity index (χ1n) is 4.58. The molecule has 0 saturated carbocycles. The molecule has 0 unspecified atom stereocenters. The van der Waals surface area contributed by atoms with E-state index in [0.717, 1.165) is 22.3 Å². The SMILES string of the molecule is CCSc1nnnn1-c1ccc(N)cc1. The molecule has 2 N–H and O–H groups in total. The zero-order valence-electron chi connectivity index (χ0n) is 8.29. The number of nitrogens with zero attached hydrogens (tertiary/aromatic N) is 4. The van der Waals surface area contributed by atoms with Gasteiger partial charge >= 0.3 is 0 Å². The van der Waals surface area contributed by atoms with E-state index < -0.39 is 0 Å². The van der Waals surface area contributed by atoms with Gasteiger partial charge in [-0.1, -0.05) is 18.7 Å². The van der Waals surface area contributed by atoms with E-state index in [2.05, 4.69) is 22.4 Å². The van der Waals surface area contributed by atoms with Crippen LogP contribution in [0, 0.1) is 0 Å². The van der Waals surface area contributed by atoms with Crippen LogP contribution in [0.4, 0.5) is 5.69 Å². The fourth-order valence-corrected chi connectivity index (χ4v) is 1.79. The summed E-state index contributed by atoms with van der Waals surface area (Å²) < 4.78 is 1.70. The van der Waals surface area contributed by atoms with E-state index in [4.69, 9.17) is 5.73 Å². The van der Waals surface area contributed by atoms with E-state index in [0.29, 0.717) is 0 Å². The van der Waals surface area contributed by atoms with Gasteiger partial charge in [0.2, 0.25) is 5.16 Å². The zero-order valence-corrected chi connectivity index (χ0v) is 9.11. The van der Waals surface area contributed by atoms with Gasteiger partial charge in [-0.3, -0.25) is 0 Å². The molecule has 1 aromatic carbocycles. The van der Waals surface area contributed by atoms with Crippen molar-refractivity contribution in [2.24, 2.45) is 0 Å². The number of rotatable bonds is 3. The Morgan fingerprint density at radius 2 is 2.07 bits per heavy atom. The minimum Gasteiger partial charge on any atom is -0.399 e. The molecule has 78 valence electrons. The van der Waals surface area contributed by atoms with E-state index in [1.807, 2.05) is 24.3 Å². The van der Waals surface area contributed by atoms with Gasteiger partial charge in [-0.25, -0.2) is 0 Å². The standard InChI is InChI=1S/C9H11N5S/c1-2-15-9-11-12-13-14(9)8-5-3-7(10)4-6-8/h3-6H,2,10H2,1H3. The van der Waals surface area contributed by atoms with Crippen LogP contribution in [0.5, 0.6) is 0 Å². The van der Waals surface area contributed by atoms with Crippen molar-refractivity contribution in [2.75, 3.05) is 11.5 Å². The van der Waals surface area contributed by atoms with Crippen LogP contribution < -0.4 is 5.73 Å². The molecule has 6 heteroatoms. The summed E-state index contributed by atoms with van der Waals surface area (Å²) in [6, 6.07) is 7.45. The van der Waals surface area contributed by atoms with Crippen LogP contribution in [0.2, 0.25) is 0 Å². The average molecular weight is 221 g/mol. The minimum atomic E-state index is 0.733. The summed E-state index contributed by atoms with van der Waals surface area (Å²) in [7, 11) is 0. The maximum atomic E-state index is 5.61. The quantitative estimate of drug-likeness (QED) is 0.626. The number of hydrogen-bond acceptors (Lipinski definition) is 5. The number of tetrazole rings is 1. The molecule has 0 spiro atoms. The highest BCUT2D eigenvalue weighted by molar-refractivity contribution is 7.99. The highest BCUT2D eigenvalue weighted by Gasteiger charge is 2.06. The molecular formula is C9H11N5S. The Kier molecular flexibility index (Phi) is 2.86. The van der Waals surface area contributed by atoms with Crippen molar-refractivity contribution < 1.29 is 0 Å². The summed E-state index contributed by atoms with van der Waals surface area (Å²) in [5.74, 6) is 0.940. The fourth-order valence-electron chi connectivity index (χ4n) is 1.18. The Bertz CT molecular complexity index is 436. The molecule has 2 aromatic rings. The Hall–Kier alpha value is -1.56. The predicted molar refractivity (Wildman–Crippen MR) is 60.0 cm³/mol. The van der Waals surface area contributed by atoms with E-state index >= 15 is 0 Å². The number of hydrogen-bond donors (Lipinski definition) is 1. The highest BCUT2D eigenvalue weighted by Crippen LogP contribution is 2.18. The summed E-state index contributed by atoms with van der Waals surface area (Å²) in [6.45, 7) is 2.06. The van der Waals surface area contributed by atoms with Gasteiger partial charge in [0.15, 0.2) is 0 Å². The lowest BCUT2D eigenvalue weighted by Gasteiger charge is -2.02. The first-order valence-corrected chi connectivity index (χ1v) is 5.57. The molecule has 1 heterocycles. The molecule has 5 nitrogen and oxygen atoms in total. The number of thioether (sulfide) groups is 1. The van der Waals surface area contributed by atoms with Crippen molar-refractivity contribution in [1.29, 1.82) is 0 Å². The fraction of sp³-hybridized carbons (Fsp3) is 0.222. The molecule has 15 heavy (non-hydrogen) atoms. The smallest absolute Gasteiger partial charge is 0.214 e. The summed E-state index contributed by atoms with van der Waals surface area (Å²) in [5.41, 5.74) is 7.26. The predicted octanol–water partition coefficient (Wildman–Crippen LogP) is 1.36. The number of nitrogen functional groups attached to an aromatic ring is 1. The molecule has 0 radical (unpaired) electrons. The Morgan fingerprint density at radius 3 is 2.73 bits per heavy atom. The van der Waals surface area contributed by atoms with Gasteiger partial charge in [0, 0.05) is 5.69 Å². The van der Waals surface area contributed by atoms with Crippen LogP contribution in [-0.4, -0.2) is 26.0 Å². The van der Waals surface area contributed by atoms with Gasteiger partial charge in [-0.2, -0.15) is 4.68 Å². The molecular weight excluding hydrogens is 210 g/mol. The molecule has 0 bridgehead atoms. The molecule has 0 aliphatic heterocycles. The minimum absolute atomic E-state index is 0.733. The highest BCUT2D eigenvalue weighted by atomic mass is 32.2. The van der Waals surface area contributed by atoms with E-state index in [1.54, 1.807) is 16.4 Å². The van der Waals surface area contributed by atoms with E-state index in [-0.39, 0.29) is 0 Å². The lowest BCUT2D eigenvalue weighted by atomic mass is 10.3. The van der Waals surface area contributed by atoms with Crippen molar-refractivity contribution >= 4 is 17.4 Å². The van der Waals surface area contributed by atoms with Crippen molar-refractivity contribution in [1.82, 2.24) is 20.2 Å². The maximum absolute atomic E-state index is 5.61. The van der Waals surface area contributed by atoms with Gasteiger partial charge in [0.05, 0.1) is 5.69 Å². The third kappa shape index (κ3) is 2.10. The monoisotopic (exact) mass is 221 g/mol. The van der Waals surface area contributed by atoms with Crippen molar-refractivity contribution in [3.8, 4) is 5.69 Å². The van der Waals surface area contributed by atoms with Crippen LogP contribution in [0.25, 0.3) is 5.69 Å². The van der Waals surface area contributed by atoms with Crippen molar-refractivity contribution in [3.05, 3.63) is 24.3 Å². The van der Waals surface area contributed by atoms with Crippen molar-refractivity contribution in [3.63, 3.8) is 0 Å². The van der Waals surface area contributed by atoms with Crippen LogP contribution in [0.15, 0.2) is 29.4 Å². The Balaban J connectivity index is 2.36. The summed E-state index contributed by atoms with van der Waals surface area (Å²) in [5, 5.41) is 12.3. The second kappa shape index (κ2) is 4.31. The van der Waals surface area contributed by atoms with Gasteiger partial charge in [0.1, 0.15) is 0 Å². The lowest BCUT2D eigenvalue weighted by Crippen LogP contribution is -1.99. The van der Waals surface area contributed by atoms with Crippen LogP contribution in [-0.2, 0) is 0 Å². The number of benzene rings is 1. The maximum Gasteiger partial charge on any atom is 0.214 e. The lowest BCUT2D eigenvalue weighted by molar-refractivity contribution is 0.756. The molecule has 0 aliphatic carbocycles. The number of anilines is 1. The number of nitrogens with two attached hydrogens (primary N) is 1. The van der Waals surface area contributed by atoms with Crippen LogP contribution >= 0.6 is 11.8 Å².